The maximum atomic E-state index is 7.55. The van der Waals surface area contributed by atoms with Gasteiger partial charge in [0.15, 0.2) is 0 Å². The fourth-order valence-corrected chi connectivity index (χ4v) is 13.6. The number of fused-ring (bicyclic) bond motifs is 4. The molecular weight excluding hydrogens is 1070 g/mol. The molecule has 5 nitrogen and oxygen atoms in total. The van der Waals surface area contributed by atoms with Gasteiger partial charge < -0.3 is 14.5 Å². The molecular formula is C83H88N4O. The van der Waals surface area contributed by atoms with Crippen LogP contribution in [-0.2, 0) is 27.1 Å². The van der Waals surface area contributed by atoms with Gasteiger partial charge in [-0.2, -0.15) is 0 Å². The summed E-state index contributed by atoms with van der Waals surface area (Å²) >= 11 is 0. The molecule has 2 aromatic heterocycles. The van der Waals surface area contributed by atoms with Crippen LogP contribution in [0.1, 0.15) is 178 Å². The first kappa shape index (κ1) is 59.7. The number of rotatable bonds is 14. The average molecular weight is 1160 g/mol. The summed E-state index contributed by atoms with van der Waals surface area (Å²) in [5.74, 6) is 3.10. The van der Waals surface area contributed by atoms with Crippen molar-refractivity contribution in [1.29, 1.82) is 0 Å². The Morgan fingerprint density at radius 1 is 0.398 bits per heavy atom. The van der Waals surface area contributed by atoms with Gasteiger partial charge in [-0.25, -0.2) is 4.98 Å². The topological polar surface area (TPSA) is 33.5 Å². The normalized spacial score (nSPS) is 13.3. The third kappa shape index (κ3) is 10.9. The van der Waals surface area contributed by atoms with E-state index < -0.39 is 5.41 Å². The molecule has 0 fully saturated rings. The molecule has 3 heterocycles. The van der Waals surface area contributed by atoms with Crippen LogP contribution in [0.5, 0.6) is 11.5 Å². The van der Waals surface area contributed by atoms with Gasteiger partial charge in [0.1, 0.15) is 24.0 Å². The van der Waals surface area contributed by atoms with Crippen LogP contribution in [0, 0.1) is 0 Å². The summed E-state index contributed by atoms with van der Waals surface area (Å²) in [6, 6.07) is 79.3. The first-order chi connectivity index (χ1) is 41.8. The Labute approximate surface area is 524 Å². The lowest BCUT2D eigenvalue weighted by molar-refractivity contribution is 0.477. The zero-order valence-corrected chi connectivity index (χ0v) is 54.8. The Balaban J connectivity index is 1.09. The van der Waals surface area contributed by atoms with Crippen LogP contribution in [0.4, 0.5) is 22.7 Å². The van der Waals surface area contributed by atoms with Gasteiger partial charge in [-0.1, -0.05) is 250 Å². The van der Waals surface area contributed by atoms with E-state index in [2.05, 4.69) is 337 Å². The van der Waals surface area contributed by atoms with E-state index in [9.17, 15) is 0 Å². The molecule has 0 aliphatic carbocycles. The van der Waals surface area contributed by atoms with Crippen LogP contribution in [-0.4, -0.2) is 16.2 Å². The van der Waals surface area contributed by atoms with Crippen molar-refractivity contribution in [3.05, 3.63) is 274 Å². The lowest BCUT2D eigenvalue weighted by Gasteiger charge is -2.33. The predicted octanol–water partition coefficient (Wildman–Crippen LogP) is 22.7. The molecule has 12 rings (SSSR count). The van der Waals surface area contributed by atoms with E-state index in [1.807, 2.05) is 6.20 Å². The Hall–Kier alpha value is -8.67. The third-order valence-electron chi connectivity index (χ3n) is 19.2. The smallest absolute Gasteiger partial charge is 0.137 e. The summed E-state index contributed by atoms with van der Waals surface area (Å²) in [5, 5.41) is 2.41. The number of benzene rings is 9. The number of nitrogens with zero attached hydrogens (tertiary/aromatic N) is 4. The summed E-state index contributed by atoms with van der Waals surface area (Å²) < 4.78 is 9.90. The second-order valence-electron chi connectivity index (χ2n) is 29.0. The van der Waals surface area contributed by atoms with Crippen molar-refractivity contribution in [3.8, 4) is 28.4 Å². The molecule has 0 N–H and O–H groups in total. The Morgan fingerprint density at radius 3 is 1.43 bits per heavy atom. The fraction of sp³-hybridized carbons (Fsp3) is 0.289. The molecule has 446 valence electrons. The number of hydrogen-bond donors (Lipinski definition) is 0. The molecule has 0 atom stereocenters. The van der Waals surface area contributed by atoms with Crippen LogP contribution in [0.25, 0.3) is 38.8 Å². The van der Waals surface area contributed by atoms with Gasteiger partial charge in [-0.05, 0) is 150 Å². The maximum absolute atomic E-state index is 7.55. The van der Waals surface area contributed by atoms with Crippen LogP contribution in [0.2, 0.25) is 0 Å². The van der Waals surface area contributed by atoms with Crippen molar-refractivity contribution in [3.63, 3.8) is 0 Å². The molecule has 0 unspecified atom stereocenters. The molecule has 0 bridgehead atoms. The second kappa shape index (κ2) is 22.5. The highest BCUT2D eigenvalue weighted by molar-refractivity contribution is 6.11. The van der Waals surface area contributed by atoms with Gasteiger partial charge in [0.05, 0.1) is 22.4 Å². The highest BCUT2D eigenvalue weighted by Crippen LogP contribution is 2.52. The van der Waals surface area contributed by atoms with Crippen LogP contribution in [0.15, 0.2) is 219 Å². The SMILES string of the molecule is CC(C)c1cccc(C(C)C)c1-c1ccc2c(c1)N(c1cc(Oc3cc(C(C)(C)C)c4c5ccccc5n(-c5cc(C(C)(C)C)ccn5)c4c3)cc(C(C)(C)c3ccccc3)c1)CN2c1cc(C(C)(C)c2ccccc2)cc(C(C)(C)c2ccccc2)c1. The van der Waals surface area contributed by atoms with Gasteiger partial charge >= 0.3 is 0 Å². The highest BCUT2D eigenvalue weighted by Gasteiger charge is 2.36. The molecule has 9 aromatic carbocycles. The van der Waals surface area contributed by atoms with Crippen molar-refractivity contribution in [2.45, 2.75) is 150 Å². The Bertz CT molecular complexity index is 4280. The van der Waals surface area contributed by atoms with E-state index in [0.717, 1.165) is 56.7 Å². The van der Waals surface area contributed by atoms with Gasteiger partial charge in [0, 0.05) is 56.7 Å². The van der Waals surface area contributed by atoms with Crippen molar-refractivity contribution < 1.29 is 4.74 Å². The molecule has 0 radical (unpaired) electrons. The van der Waals surface area contributed by atoms with Crippen LogP contribution in [0.3, 0.4) is 0 Å². The van der Waals surface area contributed by atoms with Crippen LogP contribution < -0.4 is 14.5 Å². The first-order valence-corrected chi connectivity index (χ1v) is 31.8. The zero-order chi connectivity index (χ0) is 62.2. The number of pyridine rings is 1. The number of hydrogen-bond acceptors (Lipinski definition) is 4. The summed E-state index contributed by atoms with van der Waals surface area (Å²) in [7, 11) is 0. The number of para-hydroxylation sites is 1. The van der Waals surface area contributed by atoms with Crippen molar-refractivity contribution in [2.24, 2.45) is 0 Å². The first-order valence-electron chi connectivity index (χ1n) is 31.8. The van der Waals surface area contributed by atoms with Crippen molar-refractivity contribution in [2.75, 3.05) is 16.5 Å². The monoisotopic (exact) mass is 1160 g/mol. The fourth-order valence-electron chi connectivity index (χ4n) is 13.6. The van der Waals surface area contributed by atoms with Gasteiger partial charge in [0.25, 0.3) is 0 Å². The number of ether oxygens (including phenoxy) is 1. The lowest BCUT2D eigenvalue weighted by atomic mass is 9.73. The largest absolute Gasteiger partial charge is 0.457 e. The molecule has 1 aliphatic rings. The molecule has 88 heavy (non-hydrogen) atoms. The quantitative estimate of drug-likeness (QED) is 0.109. The Morgan fingerprint density at radius 2 is 0.898 bits per heavy atom. The van der Waals surface area contributed by atoms with E-state index in [0.29, 0.717) is 18.5 Å². The third-order valence-corrected chi connectivity index (χ3v) is 19.2. The van der Waals surface area contributed by atoms with E-state index in [-0.39, 0.29) is 21.7 Å². The standard InChI is InChI=1S/C83H88N4O/c1-54(2)68-36-28-37-69(55(3)4)77(68)56-39-40-73-74(43-56)86(53-85(73)64-45-61(81(11,12)57-29-20-17-21-30-57)44-62(46-64)82(13,14)58-31-22-18-23-32-58)65-47-63(83(15,16)59-33-24-19-25-34-59)48-66(50-65)88-67-51-71(80(8,9)10)78-70-35-26-27-38-72(70)87(75(78)52-67)76-49-60(41-42-84-76)79(5,6)7/h17-52,54-55H,53H2,1-16H3. The number of aromatic nitrogens is 2. The highest BCUT2D eigenvalue weighted by atomic mass is 16.5. The van der Waals surface area contributed by atoms with E-state index in [1.165, 1.54) is 72.0 Å². The van der Waals surface area contributed by atoms with E-state index in [4.69, 9.17) is 9.72 Å². The van der Waals surface area contributed by atoms with Gasteiger partial charge in [-0.15, -0.1) is 0 Å². The lowest BCUT2D eigenvalue weighted by Crippen LogP contribution is -2.27. The van der Waals surface area contributed by atoms with Crippen molar-refractivity contribution >= 4 is 44.6 Å². The molecule has 1 aliphatic heterocycles. The molecule has 0 amide bonds. The van der Waals surface area contributed by atoms with Crippen LogP contribution >= 0.6 is 0 Å². The minimum Gasteiger partial charge on any atom is -0.457 e. The zero-order valence-electron chi connectivity index (χ0n) is 54.8. The van der Waals surface area contributed by atoms with E-state index in [1.54, 1.807) is 0 Å². The van der Waals surface area contributed by atoms with E-state index >= 15 is 0 Å². The average Bonchev–Trinajstić information content (AvgIpc) is 1.62. The molecule has 5 heteroatoms. The number of anilines is 4. The molecule has 0 spiro atoms. The molecule has 0 saturated heterocycles. The molecule has 11 aromatic rings. The minimum absolute atomic E-state index is 0.0624. The summed E-state index contributed by atoms with van der Waals surface area (Å²) in [4.78, 5) is 10.2. The second-order valence-corrected chi connectivity index (χ2v) is 29.0. The summed E-state index contributed by atoms with van der Waals surface area (Å²) in [5.41, 5.74) is 20.6. The maximum Gasteiger partial charge on any atom is 0.137 e. The Kier molecular flexibility index (Phi) is 15.2. The predicted molar refractivity (Wildman–Crippen MR) is 374 cm³/mol. The van der Waals surface area contributed by atoms with Gasteiger partial charge in [0.2, 0.25) is 0 Å². The van der Waals surface area contributed by atoms with Gasteiger partial charge in [-0.3, -0.25) is 4.57 Å². The van der Waals surface area contributed by atoms with Crippen molar-refractivity contribution in [1.82, 2.24) is 9.55 Å². The molecule has 0 saturated carbocycles. The minimum atomic E-state index is -0.409. The summed E-state index contributed by atoms with van der Waals surface area (Å²) in [6.07, 6.45) is 1.96. The summed E-state index contributed by atoms with van der Waals surface area (Å²) in [6.45, 7) is 37.8.